The first-order valence-corrected chi connectivity index (χ1v) is 6.83. The molecule has 0 aliphatic heterocycles. The summed E-state index contributed by atoms with van der Waals surface area (Å²) >= 11 is 4.95. The number of hydrogen-bond donors (Lipinski definition) is 2. The Hall–Kier alpha value is -2.36. The van der Waals surface area contributed by atoms with E-state index in [9.17, 15) is 18.0 Å². The molecule has 0 saturated heterocycles. The minimum Gasteiger partial charge on any atom is -0.389 e. The minimum atomic E-state index is -4.84. The zero-order chi connectivity index (χ0) is 17.7. The molecule has 23 heavy (non-hydrogen) atoms. The number of alkyl halides is 3. The second kappa shape index (κ2) is 5.37. The largest absolute Gasteiger partial charge is 0.453 e. The van der Waals surface area contributed by atoms with Gasteiger partial charge < -0.3 is 11.6 Å². The first kappa shape index (κ1) is 17.0. The number of thiocarbonyl (C=S) groups is 1. The minimum absolute atomic E-state index is 0.0182. The Morgan fingerprint density at radius 2 is 1.83 bits per heavy atom. The molecule has 1 aromatic heterocycles. The van der Waals surface area contributed by atoms with E-state index < -0.39 is 17.7 Å². The van der Waals surface area contributed by atoms with E-state index in [0.29, 0.717) is 26.9 Å². The van der Waals surface area contributed by atoms with Crippen molar-refractivity contribution in [3.05, 3.63) is 44.6 Å². The average molecular weight is 345 g/mol. The summed E-state index contributed by atoms with van der Waals surface area (Å²) in [6.45, 7) is 4.98. The molecule has 1 aromatic carbocycles. The van der Waals surface area contributed by atoms with Crippen LogP contribution in [0.5, 0.6) is 0 Å². The first-order chi connectivity index (χ1) is 10.5. The molecule has 6 nitrogen and oxygen atoms in total. The molecule has 0 aliphatic rings. The predicted octanol–water partition coefficient (Wildman–Crippen LogP) is 1.33. The highest BCUT2D eigenvalue weighted by molar-refractivity contribution is 7.80. The SMILES string of the molecule is Cc1cc(C(N)=S)c(C)c(C)c1-n1nc(C(F)(F)F)n(N)c1=O. The molecule has 0 atom stereocenters. The fraction of sp³-hybridized carbons (Fsp3) is 0.308. The highest BCUT2D eigenvalue weighted by Gasteiger charge is 2.39. The lowest BCUT2D eigenvalue weighted by Crippen LogP contribution is -2.32. The van der Waals surface area contributed by atoms with E-state index >= 15 is 0 Å². The molecule has 0 bridgehead atoms. The fourth-order valence-corrected chi connectivity index (χ4v) is 2.58. The number of benzene rings is 1. The van der Waals surface area contributed by atoms with Crippen molar-refractivity contribution in [1.82, 2.24) is 14.5 Å². The molecule has 2 rings (SSSR count). The van der Waals surface area contributed by atoms with E-state index in [1.54, 1.807) is 26.8 Å². The van der Waals surface area contributed by atoms with Crippen LogP contribution in [-0.2, 0) is 6.18 Å². The van der Waals surface area contributed by atoms with Crippen LogP contribution in [0.3, 0.4) is 0 Å². The number of aromatic nitrogens is 3. The Balaban J connectivity index is 2.82. The number of nitrogens with zero attached hydrogens (tertiary/aromatic N) is 3. The topological polar surface area (TPSA) is 91.9 Å². The van der Waals surface area contributed by atoms with E-state index in [1.807, 2.05) is 0 Å². The number of nitrogens with two attached hydrogens (primary N) is 2. The van der Waals surface area contributed by atoms with Crippen molar-refractivity contribution in [1.29, 1.82) is 0 Å². The third kappa shape index (κ3) is 2.69. The second-order valence-corrected chi connectivity index (χ2v) is 5.53. The normalized spacial score (nSPS) is 11.7. The summed E-state index contributed by atoms with van der Waals surface area (Å²) in [7, 11) is 0. The maximum Gasteiger partial charge on any atom is 0.453 e. The van der Waals surface area contributed by atoms with Crippen LogP contribution in [0.4, 0.5) is 13.2 Å². The van der Waals surface area contributed by atoms with Crippen LogP contribution < -0.4 is 17.3 Å². The molecular weight excluding hydrogens is 331 g/mol. The number of hydrogen-bond acceptors (Lipinski definition) is 4. The molecule has 2 aromatic rings. The van der Waals surface area contributed by atoms with Crippen molar-refractivity contribution in [2.75, 3.05) is 5.84 Å². The molecule has 0 fully saturated rings. The van der Waals surface area contributed by atoms with Crippen molar-refractivity contribution in [2.24, 2.45) is 5.73 Å². The van der Waals surface area contributed by atoms with Gasteiger partial charge in [0, 0.05) is 5.56 Å². The van der Waals surface area contributed by atoms with E-state index in [4.69, 9.17) is 23.8 Å². The summed E-state index contributed by atoms with van der Waals surface area (Å²) in [4.78, 5) is 12.2. The molecule has 0 aliphatic carbocycles. The maximum absolute atomic E-state index is 12.9. The highest BCUT2D eigenvalue weighted by Crippen LogP contribution is 2.28. The lowest BCUT2D eigenvalue weighted by molar-refractivity contribution is -0.146. The lowest BCUT2D eigenvalue weighted by atomic mass is 9.97. The van der Waals surface area contributed by atoms with Crippen LogP contribution in [0.1, 0.15) is 28.1 Å². The Bertz CT molecular complexity index is 866. The summed E-state index contributed by atoms with van der Waals surface area (Å²) in [6, 6.07) is 1.61. The monoisotopic (exact) mass is 345 g/mol. The van der Waals surface area contributed by atoms with Crippen LogP contribution >= 0.6 is 12.2 Å². The second-order valence-electron chi connectivity index (χ2n) is 5.09. The molecule has 0 spiro atoms. The van der Waals surface area contributed by atoms with Crippen LogP contribution in [0.2, 0.25) is 0 Å². The lowest BCUT2D eigenvalue weighted by Gasteiger charge is -2.15. The number of halogens is 3. The molecule has 0 amide bonds. The number of aryl methyl sites for hydroxylation is 1. The van der Waals surface area contributed by atoms with Crippen LogP contribution in [-0.4, -0.2) is 19.4 Å². The summed E-state index contributed by atoms with van der Waals surface area (Å²) in [5.41, 5.74) is 7.06. The van der Waals surface area contributed by atoms with Gasteiger partial charge in [-0.3, -0.25) is 0 Å². The summed E-state index contributed by atoms with van der Waals surface area (Å²) in [6.07, 6.45) is -4.84. The standard InChI is InChI=1S/C13H14F3N5OS/c1-5-4-8(10(17)23)6(2)7(3)9(5)21-12(22)20(18)11(19-21)13(14,15)16/h4H,18H2,1-3H3,(H2,17,23). The Morgan fingerprint density at radius 3 is 2.26 bits per heavy atom. The molecule has 124 valence electrons. The first-order valence-electron chi connectivity index (χ1n) is 6.42. The van der Waals surface area contributed by atoms with Crippen molar-refractivity contribution in [2.45, 2.75) is 26.9 Å². The van der Waals surface area contributed by atoms with Gasteiger partial charge in [-0.05, 0) is 43.5 Å². The Kier molecular flexibility index (Phi) is 3.97. The molecule has 0 saturated carbocycles. The smallest absolute Gasteiger partial charge is 0.389 e. The van der Waals surface area contributed by atoms with Gasteiger partial charge in [0.25, 0.3) is 5.82 Å². The van der Waals surface area contributed by atoms with Crippen LogP contribution in [0.25, 0.3) is 5.69 Å². The van der Waals surface area contributed by atoms with Crippen LogP contribution in [0.15, 0.2) is 10.9 Å². The molecule has 0 radical (unpaired) electrons. The van der Waals surface area contributed by atoms with Gasteiger partial charge in [-0.2, -0.15) is 22.5 Å². The molecule has 4 N–H and O–H groups in total. The van der Waals surface area contributed by atoms with Gasteiger partial charge >= 0.3 is 11.9 Å². The third-order valence-corrected chi connectivity index (χ3v) is 3.82. The van der Waals surface area contributed by atoms with Gasteiger partial charge in [0.15, 0.2) is 0 Å². The summed E-state index contributed by atoms with van der Waals surface area (Å²) < 4.78 is 39.2. The maximum atomic E-state index is 12.9. The summed E-state index contributed by atoms with van der Waals surface area (Å²) in [5, 5.41) is 3.34. The van der Waals surface area contributed by atoms with Gasteiger partial charge in [0.05, 0.1) is 5.69 Å². The average Bonchev–Trinajstić information content (AvgIpc) is 2.71. The van der Waals surface area contributed by atoms with Crippen molar-refractivity contribution < 1.29 is 13.2 Å². The molecular formula is C13H14F3N5OS. The number of rotatable bonds is 2. The van der Waals surface area contributed by atoms with Gasteiger partial charge in [-0.1, -0.05) is 12.2 Å². The molecule has 0 unspecified atom stereocenters. The third-order valence-electron chi connectivity index (χ3n) is 3.60. The zero-order valence-corrected chi connectivity index (χ0v) is 13.3. The van der Waals surface area contributed by atoms with E-state index in [2.05, 4.69) is 5.10 Å². The van der Waals surface area contributed by atoms with Gasteiger partial charge in [0.1, 0.15) is 4.99 Å². The van der Waals surface area contributed by atoms with Crippen molar-refractivity contribution >= 4 is 17.2 Å². The van der Waals surface area contributed by atoms with E-state index in [0.717, 1.165) is 0 Å². The predicted molar refractivity (Wildman–Crippen MR) is 83.1 cm³/mol. The van der Waals surface area contributed by atoms with Gasteiger partial charge in [-0.15, -0.1) is 5.10 Å². The van der Waals surface area contributed by atoms with Gasteiger partial charge in [-0.25, -0.2) is 4.79 Å². The summed E-state index contributed by atoms with van der Waals surface area (Å²) in [5.74, 6) is 3.73. The van der Waals surface area contributed by atoms with E-state index in [1.165, 1.54) is 0 Å². The van der Waals surface area contributed by atoms with Gasteiger partial charge in [0.2, 0.25) is 0 Å². The fourth-order valence-electron chi connectivity index (χ4n) is 2.37. The van der Waals surface area contributed by atoms with E-state index in [-0.39, 0.29) is 15.4 Å². The highest BCUT2D eigenvalue weighted by atomic mass is 32.1. The molecule has 10 heteroatoms. The Labute approximate surface area is 134 Å². The Morgan fingerprint density at radius 1 is 1.26 bits per heavy atom. The zero-order valence-electron chi connectivity index (χ0n) is 12.5. The molecule has 1 heterocycles. The van der Waals surface area contributed by atoms with Crippen molar-refractivity contribution in [3.63, 3.8) is 0 Å². The number of nitrogen functional groups attached to an aromatic ring is 1. The quantitative estimate of drug-likeness (QED) is 0.633. The van der Waals surface area contributed by atoms with Crippen molar-refractivity contribution in [3.8, 4) is 5.69 Å². The van der Waals surface area contributed by atoms with Crippen LogP contribution in [0, 0.1) is 20.8 Å².